The number of alkyl halides is 6. The lowest BCUT2D eigenvalue weighted by molar-refractivity contribution is -0.143. The average Bonchev–Trinajstić information content (AvgIpc) is 2.87. The largest absolute Gasteiger partial charge is 0.448 e. The molecule has 0 aliphatic heterocycles. The van der Waals surface area contributed by atoms with E-state index in [1.807, 2.05) is 35.7 Å². The van der Waals surface area contributed by atoms with E-state index in [1.165, 1.54) is 0 Å². The maximum absolute atomic E-state index is 12.8. The van der Waals surface area contributed by atoms with Crippen LogP contribution in [-0.4, -0.2) is 18.7 Å². The van der Waals surface area contributed by atoms with Crippen molar-refractivity contribution in [2.45, 2.75) is 31.2 Å². The Bertz CT molecular complexity index is 793. The highest BCUT2D eigenvalue weighted by atomic mass is 19.4. The van der Waals surface area contributed by atoms with Gasteiger partial charge in [0.05, 0.1) is 11.1 Å². The van der Waals surface area contributed by atoms with Gasteiger partial charge in [0.25, 0.3) is 0 Å². The topological polar surface area (TPSA) is 64.3 Å². The Hall–Kier alpha value is -2.75. The monoisotopic (exact) mass is 420 g/mol. The first-order valence-electron chi connectivity index (χ1n) is 8.46. The van der Waals surface area contributed by atoms with Gasteiger partial charge < -0.3 is 10.5 Å². The van der Waals surface area contributed by atoms with E-state index >= 15 is 0 Å². The number of carbonyl (C=O) groups is 1. The molecule has 0 bridgehead atoms. The summed E-state index contributed by atoms with van der Waals surface area (Å²) in [5, 5.41) is 1.88. The summed E-state index contributed by atoms with van der Waals surface area (Å²) in [6.45, 7) is -0.272. The summed E-state index contributed by atoms with van der Waals surface area (Å²) in [4.78, 5) is 11.8. The number of carbonyl (C=O) groups excluding carboxylic acids is 1. The Balaban J connectivity index is 2.00. The van der Waals surface area contributed by atoms with E-state index in [-0.39, 0.29) is 12.7 Å². The molecule has 1 unspecified atom stereocenters. The smallest absolute Gasteiger partial charge is 0.416 e. The number of nitrogens with two attached hydrogens (primary N) is 1. The van der Waals surface area contributed by atoms with Gasteiger partial charge in [-0.2, -0.15) is 26.3 Å². The predicted molar refractivity (Wildman–Crippen MR) is 95.0 cm³/mol. The van der Waals surface area contributed by atoms with Crippen LogP contribution in [0.2, 0.25) is 0 Å². The minimum Gasteiger partial charge on any atom is -0.448 e. The van der Waals surface area contributed by atoms with E-state index in [0.29, 0.717) is 18.6 Å². The van der Waals surface area contributed by atoms with Crippen LogP contribution in [0.25, 0.3) is 0 Å². The molecule has 0 aromatic heterocycles. The lowest BCUT2D eigenvalue weighted by atomic mass is 10.1. The molecular weight excluding hydrogens is 402 g/mol. The molecule has 4 nitrogen and oxygen atoms in total. The van der Waals surface area contributed by atoms with E-state index in [0.717, 1.165) is 12.0 Å². The number of hydrogen-bond donors (Lipinski definition) is 2. The minimum absolute atomic E-state index is 0.0329. The lowest BCUT2D eigenvalue weighted by Crippen LogP contribution is -2.29. The number of nitrogens with one attached hydrogen (secondary N) is 1. The van der Waals surface area contributed by atoms with E-state index in [2.05, 4.69) is 0 Å². The normalized spacial score (nSPS) is 15.5. The molecule has 3 N–H and O–H groups in total. The Morgan fingerprint density at radius 1 is 1.07 bits per heavy atom. The van der Waals surface area contributed by atoms with Crippen molar-refractivity contribution >= 4 is 11.8 Å². The predicted octanol–water partition coefficient (Wildman–Crippen LogP) is 5.43. The van der Waals surface area contributed by atoms with Crippen molar-refractivity contribution in [3.8, 4) is 0 Å². The Labute approximate surface area is 162 Å². The zero-order chi connectivity index (χ0) is 21.7. The number of hydrogen-bond acceptors (Lipinski definition) is 3. The molecule has 0 heterocycles. The van der Waals surface area contributed by atoms with Gasteiger partial charge in [-0.3, -0.25) is 5.32 Å². The molecule has 1 aromatic carbocycles. The zero-order valence-electron chi connectivity index (χ0n) is 15.0. The average molecular weight is 420 g/mol. The van der Waals surface area contributed by atoms with Crippen molar-refractivity contribution in [1.29, 1.82) is 0 Å². The number of amides is 1. The summed E-state index contributed by atoms with van der Waals surface area (Å²) in [6, 6.07) is 0.151. The van der Waals surface area contributed by atoms with Crippen molar-refractivity contribution in [3.05, 3.63) is 65.3 Å². The third kappa shape index (κ3) is 7.30. The second kappa shape index (κ2) is 9.17. The van der Waals surface area contributed by atoms with Crippen molar-refractivity contribution in [3.63, 3.8) is 0 Å². The molecule has 1 aliphatic carbocycles. The lowest BCUT2D eigenvalue weighted by Gasteiger charge is -2.16. The van der Waals surface area contributed by atoms with E-state index in [4.69, 9.17) is 10.5 Å². The first-order valence-corrected chi connectivity index (χ1v) is 8.46. The summed E-state index contributed by atoms with van der Waals surface area (Å²) in [6.07, 6.45) is -0.700. The quantitative estimate of drug-likeness (QED) is 0.624. The second-order valence-corrected chi connectivity index (χ2v) is 6.29. The summed E-state index contributed by atoms with van der Waals surface area (Å²) < 4.78 is 81.8. The molecule has 0 fully saturated rings. The van der Waals surface area contributed by atoms with Gasteiger partial charge >= 0.3 is 18.4 Å². The van der Waals surface area contributed by atoms with Crippen LogP contribution in [0.15, 0.2) is 54.2 Å². The molecule has 1 amide bonds. The molecule has 0 saturated heterocycles. The van der Waals surface area contributed by atoms with Crippen LogP contribution in [-0.2, 0) is 17.1 Å². The molecule has 2 rings (SSSR count). The third-order valence-electron chi connectivity index (χ3n) is 3.81. The fraction of sp³-hybridized carbons (Fsp3) is 0.316. The summed E-state index contributed by atoms with van der Waals surface area (Å²) in [5.41, 5.74) is 2.98. The maximum Gasteiger partial charge on any atom is 0.416 e. The third-order valence-corrected chi connectivity index (χ3v) is 3.81. The molecule has 0 saturated carbocycles. The van der Waals surface area contributed by atoms with Crippen LogP contribution in [0.3, 0.4) is 0 Å². The van der Waals surface area contributed by atoms with Gasteiger partial charge in [0, 0.05) is 11.7 Å². The molecule has 1 aliphatic rings. The summed E-state index contributed by atoms with van der Waals surface area (Å²) in [5.74, 6) is 0. The van der Waals surface area contributed by atoms with Gasteiger partial charge in [-0.25, -0.2) is 4.79 Å². The maximum atomic E-state index is 12.8. The molecule has 158 valence electrons. The number of allylic oxidation sites excluding steroid dienone is 5. The zero-order valence-corrected chi connectivity index (χ0v) is 15.0. The van der Waals surface area contributed by atoms with E-state index < -0.39 is 41.3 Å². The van der Waals surface area contributed by atoms with Gasteiger partial charge in [-0.05, 0) is 36.6 Å². The number of ether oxygens (including phenoxy) is 1. The molecule has 1 aromatic rings. The van der Waals surface area contributed by atoms with Crippen molar-refractivity contribution in [2.75, 3.05) is 11.9 Å². The van der Waals surface area contributed by atoms with E-state index in [1.54, 1.807) is 0 Å². The SMILES string of the molecule is NC(COC(=O)Nc1cc(C(F)(F)F)cc(C(F)(F)F)c1)CC1=CC=CCC=C1. The van der Waals surface area contributed by atoms with Crippen LogP contribution < -0.4 is 11.1 Å². The van der Waals surface area contributed by atoms with Crippen LogP contribution >= 0.6 is 0 Å². The molecule has 0 radical (unpaired) electrons. The van der Waals surface area contributed by atoms with Gasteiger partial charge in [0.15, 0.2) is 0 Å². The Morgan fingerprint density at radius 2 is 1.69 bits per heavy atom. The molecule has 29 heavy (non-hydrogen) atoms. The summed E-state index contributed by atoms with van der Waals surface area (Å²) in [7, 11) is 0. The second-order valence-electron chi connectivity index (χ2n) is 6.29. The van der Waals surface area contributed by atoms with Crippen LogP contribution in [0.1, 0.15) is 24.0 Å². The Morgan fingerprint density at radius 3 is 2.28 bits per heavy atom. The van der Waals surface area contributed by atoms with Crippen LogP contribution in [0.5, 0.6) is 0 Å². The van der Waals surface area contributed by atoms with Crippen molar-refractivity contribution < 1.29 is 35.9 Å². The van der Waals surface area contributed by atoms with Gasteiger partial charge in [-0.15, -0.1) is 0 Å². The fourth-order valence-corrected chi connectivity index (χ4v) is 2.49. The molecule has 10 heteroatoms. The highest BCUT2D eigenvalue weighted by Gasteiger charge is 2.37. The highest BCUT2D eigenvalue weighted by molar-refractivity contribution is 5.85. The van der Waals surface area contributed by atoms with Crippen molar-refractivity contribution in [1.82, 2.24) is 0 Å². The number of halogens is 6. The van der Waals surface area contributed by atoms with Crippen molar-refractivity contribution in [2.24, 2.45) is 5.73 Å². The minimum atomic E-state index is -5.02. The summed E-state index contributed by atoms with van der Waals surface area (Å²) >= 11 is 0. The Kier molecular flexibility index (Phi) is 7.12. The first kappa shape index (κ1) is 22.5. The van der Waals surface area contributed by atoms with Gasteiger partial charge in [-0.1, -0.05) is 30.4 Å². The van der Waals surface area contributed by atoms with Crippen LogP contribution in [0, 0.1) is 0 Å². The molecule has 1 atom stereocenters. The van der Waals surface area contributed by atoms with E-state index in [9.17, 15) is 31.1 Å². The number of benzene rings is 1. The number of rotatable bonds is 5. The standard InChI is InChI=1S/C19H18F6N2O2/c20-18(21,22)13-8-14(19(23,24)25)10-16(9-13)27-17(28)29-11-15(26)7-12-5-3-1-2-4-6-12/h1,3-6,8-10,15H,2,7,11,26H2,(H,27,28). The number of anilines is 1. The first-order chi connectivity index (χ1) is 13.4. The van der Waals surface area contributed by atoms with Crippen LogP contribution in [0.4, 0.5) is 36.8 Å². The fourth-order valence-electron chi connectivity index (χ4n) is 2.49. The highest BCUT2D eigenvalue weighted by Crippen LogP contribution is 2.37. The van der Waals surface area contributed by atoms with Gasteiger partial charge in [0.1, 0.15) is 6.61 Å². The molecule has 0 spiro atoms. The molecular formula is C19H18F6N2O2. The van der Waals surface area contributed by atoms with Gasteiger partial charge in [0.2, 0.25) is 0 Å².